The number of rotatable bonds is 1. The van der Waals surface area contributed by atoms with Gasteiger partial charge in [-0.2, -0.15) is 5.10 Å². The molecule has 13 heavy (non-hydrogen) atoms. The van der Waals surface area contributed by atoms with Crippen molar-refractivity contribution in [3.8, 4) is 0 Å². The maximum absolute atomic E-state index is 10.5. The average molecular weight is 248 g/mol. The van der Waals surface area contributed by atoms with Crippen LogP contribution in [0.2, 0.25) is 0 Å². The Morgan fingerprint density at radius 3 is 2.38 bits per heavy atom. The summed E-state index contributed by atoms with van der Waals surface area (Å²) in [5.74, 6) is 0. The van der Waals surface area contributed by atoms with Gasteiger partial charge in [0, 0.05) is 0 Å². The molecular weight excluding hydrogens is 238 g/mol. The highest BCUT2D eigenvalue weighted by atomic mass is 79.9. The summed E-state index contributed by atoms with van der Waals surface area (Å²) in [6, 6.07) is 0. The predicted octanol–water partition coefficient (Wildman–Crippen LogP) is 2.31. The molecule has 0 atom stereocenters. The van der Waals surface area contributed by atoms with Crippen LogP contribution in [0.3, 0.4) is 0 Å². The monoisotopic (exact) mass is 247 g/mol. The zero-order chi connectivity index (χ0) is 10.2. The Morgan fingerprint density at radius 2 is 2.15 bits per heavy atom. The van der Waals surface area contributed by atoms with Gasteiger partial charge in [-0.25, -0.2) is 0 Å². The zero-order valence-corrected chi connectivity index (χ0v) is 9.20. The lowest BCUT2D eigenvalue weighted by Gasteiger charge is -2.17. The summed E-state index contributed by atoms with van der Waals surface area (Å²) in [7, 11) is 0. The first-order chi connectivity index (χ1) is 5.82. The highest BCUT2D eigenvalue weighted by Gasteiger charge is 2.22. The van der Waals surface area contributed by atoms with Crippen molar-refractivity contribution in [3.63, 3.8) is 0 Å². The molecule has 0 bridgehead atoms. The summed E-state index contributed by atoms with van der Waals surface area (Å²) < 4.78 is 1.84. The molecule has 0 amide bonds. The van der Waals surface area contributed by atoms with E-state index in [1.807, 2.05) is 20.8 Å². The van der Waals surface area contributed by atoms with Gasteiger partial charge in [0.15, 0.2) is 0 Å². The van der Waals surface area contributed by atoms with Gasteiger partial charge in [-0.15, -0.1) is 0 Å². The Bertz CT molecular complexity index is 340. The highest BCUT2D eigenvalue weighted by Crippen LogP contribution is 2.25. The van der Waals surface area contributed by atoms with Gasteiger partial charge in [-0.3, -0.25) is 14.8 Å². The summed E-state index contributed by atoms with van der Waals surface area (Å²) in [6.45, 7) is 5.78. The molecule has 1 aromatic heterocycles. The summed E-state index contributed by atoms with van der Waals surface area (Å²) in [5.41, 5.74) is -0.244. The zero-order valence-electron chi connectivity index (χ0n) is 7.61. The van der Waals surface area contributed by atoms with Crippen LogP contribution >= 0.6 is 15.9 Å². The van der Waals surface area contributed by atoms with Crippen LogP contribution in [0.1, 0.15) is 20.8 Å². The van der Waals surface area contributed by atoms with Crippen molar-refractivity contribution in [1.82, 2.24) is 9.78 Å². The van der Waals surface area contributed by atoms with Gasteiger partial charge in [0.1, 0.15) is 6.20 Å². The lowest BCUT2D eigenvalue weighted by atomic mass is 10.1. The SMILES string of the molecule is CC(C)(C)n1cc([N+](=O)[O-])c(Br)n1. The number of nitro groups is 1. The first-order valence-corrected chi connectivity index (χ1v) is 4.51. The molecule has 1 heterocycles. The van der Waals surface area contributed by atoms with Crippen molar-refractivity contribution in [1.29, 1.82) is 0 Å². The van der Waals surface area contributed by atoms with Crippen molar-refractivity contribution in [2.24, 2.45) is 0 Å². The minimum absolute atomic E-state index is 0.00470. The van der Waals surface area contributed by atoms with Crippen LogP contribution < -0.4 is 0 Å². The molecule has 0 aliphatic heterocycles. The second kappa shape index (κ2) is 3.10. The molecule has 1 aromatic rings. The normalized spacial score (nSPS) is 11.7. The Balaban J connectivity index is 3.17. The molecule has 72 valence electrons. The summed E-state index contributed by atoms with van der Waals surface area (Å²) in [6.07, 6.45) is 1.42. The molecule has 6 heteroatoms. The Kier molecular flexibility index (Phi) is 2.42. The fourth-order valence-electron chi connectivity index (χ4n) is 0.810. The van der Waals surface area contributed by atoms with E-state index in [1.165, 1.54) is 6.20 Å². The largest absolute Gasteiger partial charge is 0.321 e. The van der Waals surface area contributed by atoms with Crippen LogP contribution in [0.5, 0.6) is 0 Å². The molecule has 0 fully saturated rings. The number of hydrogen-bond acceptors (Lipinski definition) is 3. The van der Waals surface area contributed by atoms with Crippen LogP contribution in [0.25, 0.3) is 0 Å². The minimum Gasteiger partial charge on any atom is -0.259 e. The second-order valence-corrected chi connectivity index (χ2v) is 4.43. The molecule has 1 rings (SSSR count). The fourth-order valence-corrected chi connectivity index (χ4v) is 1.23. The number of nitrogens with zero attached hydrogens (tertiary/aromatic N) is 3. The summed E-state index contributed by atoms with van der Waals surface area (Å²) in [4.78, 5) is 10.0. The Hall–Kier alpha value is -0.910. The quantitative estimate of drug-likeness (QED) is 0.565. The third-order valence-corrected chi connectivity index (χ3v) is 2.10. The van der Waals surface area contributed by atoms with Crippen LogP contribution in [0.4, 0.5) is 5.69 Å². The average Bonchev–Trinajstić information content (AvgIpc) is 2.29. The van der Waals surface area contributed by atoms with E-state index >= 15 is 0 Å². The van der Waals surface area contributed by atoms with Gasteiger partial charge in [0.25, 0.3) is 0 Å². The topological polar surface area (TPSA) is 61.0 Å². The van der Waals surface area contributed by atoms with E-state index in [1.54, 1.807) is 4.68 Å². The molecule has 0 spiro atoms. The van der Waals surface area contributed by atoms with Crippen LogP contribution in [-0.4, -0.2) is 14.7 Å². The molecule has 0 aliphatic rings. The van der Waals surface area contributed by atoms with E-state index in [-0.39, 0.29) is 15.8 Å². The first kappa shape index (κ1) is 10.2. The minimum atomic E-state index is -0.459. The van der Waals surface area contributed by atoms with Crippen molar-refractivity contribution in [2.45, 2.75) is 26.3 Å². The first-order valence-electron chi connectivity index (χ1n) is 3.72. The van der Waals surface area contributed by atoms with Gasteiger partial charge < -0.3 is 0 Å². The summed E-state index contributed by atoms with van der Waals surface area (Å²) >= 11 is 3.04. The maximum atomic E-state index is 10.5. The molecule has 0 aromatic carbocycles. The van der Waals surface area contributed by atoms with Gasteiger partial charge >= 0.3 is 5.69 Å². The number of hydrogen-bond donors (Lipinski definition) is 0. The Labute approximate surface area is 84.0 Å². The molecule has 0 aliphatic carbocycles. The molecule has 0 radical (unpaired) electrons. The van der Waals surface area contributed by atoms with E-state index in [4.69, 9.17) is 0 Å². The number of halogens is 1. The van der Waals surface area contributed by atoms with Crippen LogP contribution in [0, 0.1) is 10.1 Å². The van der Waals surface area contributed by atoms with Crippen LogP contribution in [0.15, 0.2) is 10.8 Å². The number of aromatic nitrogens is 2. The van der Waals surface area contributed by atoms with E-state index < -0.39 is 4.92 Å². The molecular formula is C7H10BrN3O2. The lowest BCUT2D eigenvalue weighted by Crippen LogP contribution is -2.22. The standard InChI is InChI=1S/C7H10BrN3O2/c1-7(2,3)10-4-5(11(12)13)6(8)9-10/h4H,1-3H3. The van der Waals surface area contributed by atoms with Gasteiger partial charge in [0.05, 0.1) is 10.5 Å². The van der Waals surface area contributed by atoms with E-state index in [9.17, 15) is 10.1 Å². The van der Waals surface area contributed by atoms with Gasteiger partial charge in [0.2, 0.25) is 4.60 Å². The molecule has 0 saturated carbocycles. The highest BCUT2D eigenvalue weighted by molar-refractivity contribution is 9.10. The van der Waals surface area contributed by atoms with Crippen molar-refractivity contribution in [2.75, 3.05) is 0 Å². The molecule has 0 unspecified atom stereocenters. The lowest BCUT2D eigenvalue weighted by molar-refractivity contribution is -0.385. The predicted molar refractivity (Wildman–Crippen MR) is 51.6 cm³/mol. The third kappa shape index (κ3) is 2.06. The smallest absolute Gasteiger partial charge is 0.259 e. The Morgan fingerprint density at radius 1 is 1.62 bits per heavy atom. The van der Waals surface area contributed by atoms with Crippen LogP contribution in [-0.2, 0) is 5.54 Å². The fraction of sp³-hybridized carbons (Fsp3) is 0.571. The van der Waals surface area contributed by atoms with E-state index in [0.29, 0.717) is 0 Å². The summed E-state index contributed by atoms with van der Waals surface area (Å²) in [5, 5.41) is 14.5. The van der Waals surface area contributed by atoms with Crippen molar-refractivity contribution in [3.05, 3.63) is 20.9 Å². The van der Waals surface area contributed by atoms with Crippen molar-refractivity contribution < 1.29 is 4.92 Å². The second-order valence-electron chi connectivity index (χ2n) is 3.68. The maximum Gasteiger partial charge on any atom is 0.321 e. The molecule has 0 saturated heterocycles. The van der Waals surface area contributed by atoms with E-state index in [2.05, 4.69) is 21.0 Å². The molecule has 0 N–H and O–H groups in total. The molecule has 5 nitrogen and oxygen atoms in total. The van der Waals surface area contributed by atoms with Crippen molar-refractivity contribution >= 4 is 21.6 Å². The van der Waals surface area contributed by atoms with Gasteiger partial charge in [-0.1, -0.05) is 0 Å². The van der Waals surface area contributed by atoms with E-state index in [0.717, 1.165) is 0 Å². The van der Waals surface area contributed by atoms with Gasteiger partial charge in [-0.05, 0) is 36.7 Å². The third-order valence-electron chi connectivity index (χ3n) is 1.54.